The number of carbonyl (C=O) groups excluding carboxylic acids is 1. The zero-order valence-electron chi connectivity index (χ0n) is 11.4. The van der Waals surface area contributed by atoms with Crippen LogP contribution in [0.2, 0.25) is 0 Å². The summed E-state index contributed by atoms with van der Waals surface area (Å²) >= 11 is 0. The predicted molar refractivity (Wildman–Crippen MR) is 75.3 cm³/mol. The molecular weight excluding hydrogens is 244 g/mol. The van der Waals surface area contributed by atoms with Gasteiger partial charge in [-0.1, -0.05) is 18.2 Å². The number of benzene rings is 1. The molecule has 1 rings (SSSR count). The van der Waals surface area contributed by atoms with Crippen LogP contribution >= 0.6 is 0 Å². The van der Waals surface area contributed by atoms with Gasteiger partial charge in [0.2, 0.25) is 5.91 Å². The van der Waals surface area contributed by atoms with Crippen molar-refractivity contribution in [1.29, 1.82) is 0 Å². The highest BCUT2D eigenvalue weighted by atomic mass is 16.5. The number of nitrogens with one attached hydrogen (secondary N) is 2. The van der Waals surface area contributed by atoms with E-state index in [1.54, 1.807) is 7.11 Å². The summed E-state index contributed by atoms with van der Waals surface area (Å²) < 4.78 is 10.2. The Kier molecular flexibility index (Phi) is 8.63. The molecule has 0 heterocycles. The number of amides is 1. The van der Waals surface area contributed by atoms with E-state index >= 15 is 0 Å². The van der Waals surface area contributed by atoms with Crippen LogP contribution in [0, 0.1) is 0 Å². The Morgan fingerprint density at radius 2 is 1.95 bits per heavy atom. The maximum atomic E-state index is 11.6. The number of para-hydroxylation sites is 1. The van der Waals surface area contributed by atoms with Crippen LogP contribution in [-0.4, -0.2) is 45.9 Å². The number of hydrogen-bond acceptors (Lipinski definition) is 4. The van der Waals surface area contributed by atoms with E-state index in [9.17, 15) is 4.79 Å². The van der Waals surface area contributed by atoms with Gasteiger partial charge in [0.1, 0.15) is 0 Å². The maximum Gasteiger partial charge on any atom is 0.238 e. The first kappa shape index (κ1) is 15.6. The topological polar surface area (TPSA) is 59.6 Å². The average molecular weight is 266 g/mol. The minimum atomic E-state index is -0.0356. The number of ether oxygens (including phenoxy) is 2. The largest absolute Gasteiger partial charge is 0.382 e. The van der Waals surface area contributed by atoms with E-state index in [2.05, 4.69) is 10.6 Å². The molecule has 0 atom stereocenters. The number of methoxy groups -OCH3 is 1. The summed E-state index contributed by atoms with van der Waals surface area (Å²) in [6.07, 6.45) is 0.877. The van der Waals surface area contributed by atoms with Crippen LogP contribution in [0.3, 0.4) is 0 Å². The van der Waals surface area contributed by atoms with Gasteiger partial charge in [-0.3, -0.25) is 4.79 Å². The smallest absolute Gasteiger partial charge is 0.238 e. The molecule has 1 aromatic carbocycles. The lowest BCUT2D eigenvalue weighted by Gasteiger charge is -2.07. The Bertz CT molecular complexity index is 344. The minimum absolute atomic E-state index is 0.0356. The fourth-order valence-corrected chi connectivity index (χ4v) is 1.47. The van der Waals surface area contributed by atoms with Gasteiger partial charge in [-0.05, 0) is 25.1 Å². The summed E-state index contributed by atoms with van der Waals surface area (Å²) in [6, 6.07) is 9.42. The third kappa shape index (κ3) is 8.31. The highest BCUT2D eigenvalue weighted by Gasteiger charge is 2.00. The average Bonchev–Trinajstić information content (AvgIpc) is 2.43. The molecule has 0 fully saturated rings. The third-order valence-electron chi connectivity index (χ3n) is 2.42. The Morgan fingerprint density at radius 3 is 2.68 bits per heavy atom. The summed E-state index contributed by atoms with van der Waals surface area (Å²) in [7, 11) is 1.65. The van der Waals surface area contributed by atoms with Crippen molar-refractivity contribution in [3.05, 3.63) is 30.3 Å². The zero-order chi connectivity index (χ0) is 13.8. The van der Waals surface area contributed by atoms with Crippen LogP contribution in [0.25, 0.3) is 0 Å². The van der Waals surface area contributed by atoms with E-state index < -0.39 is 0 Å². The number of rotatable bonds is 10. The first-order valence-corrected chi connectivity index (χ1v) is 6.45. The lowest BCUT2D eigenvalue weighted by molar-refractivity contribution is -0.115. The second kappa shape index (κ2) is 10.5. The van der Waals surface area contributed by atoms with Crippen molar-refractivity contribution in [2.24, 2.45) is 0 Å². The van der Waals surface area contributed by atoms with E-state index in [1.807, 2.05) is 30.3 Å². The van der Waals surface area contributed by atoms with Gasteiger partial charge in [0.15, 0.2) is 0 Å². The van der Waals surface area contributed by atoms with Gasteiger partial charge in [-0.25, -0.2) is 0 Å². The zero-order valence-corrected chi connectivity index (χ0v) is 11.4. The molecule has 106 valence electrons. The molecule has 0 saturated carbocycles. The number of hydrogen-bond donors (Lipinski definition) is 2. The summed E-state index contributed by atoms with van der Waals surface area (Å²) in [5, 5.41) is 5.88. The molecule has 0 aliphatic carbocycles. The first-order valence-electron chi connectivity index (χ1n) is 6.45. The van der Waals surface area contributed by atoms with Crippen LogP contribution in [0.15, 0.2) is 30.3 Å². The van der Waals surface area contributed by atoms with Gasteiger partial charge in [0.25, 0.3) is 0 Å². The molecule has 1 amide bonds. The molecule has 0 radical (unpaired) electrons. The normalized spacial score (nSPS) is 10.4. The lowest BCUT2D eigenvalue weighted by atomic mass is 10.3. The molecule has 1 aromatic rings. The Hall–Kier alpha value is -1.43. The number of carbonyl (C=O) groups is 1. The van der Waals surface area contributed by atoms with Crippen molar-refractivity contribution in [2.45, 2.75) is 6.42 Å². The lowest BCUT2D eigenvalue weighted by Crippen LogP contribution is -2.29. The van der Waals surface area contributed by atoms with Gasteiger partial charge in [0, 0.05) is 19.4 Å². The molecule has 2 N–H and O–H groups in total. The fraction of sp³-hybridized carbons (Fsp3) is 0.500. The molecular formula is C14H22N2O3. The van der Waals surface area contributed by atoms with Gasteiger partial charge in [-0.2, -0.15) is 0 Å². The highest BCUT2D eigenvalue weighted by molar-refractivity contribution is 5.92. The van der Waals surface area contributed by atoms with Crippen molar-refractivity contribution < 1.29 is 14.3 Å². The SMILES string of the molecule is COCCOCCCNCC(=O)Nc1ccccc1. The van der Waals surface area contributed by atoms with E-state index in [0.717, 1.165) is 18.7 Å². The summed E-state index contributed by atoms with van der Waals surface area (Å²) in [6.45, 7) is 2.98. The van der Waals surface area contributed by atoms with E-state index in [4.69, 9.17) is 9.47 Å². The van der Waals surface area contributed by atoms with Crippen LogP contribution < -0.4 is 10.6 Å². The van der Waals surface area contributed by atoms with Crippen molar-refractivity contribution in [2.75, 3.05) is 45.3 Å². The van der Waals surface area contributed by atoms with Gasteiger partial charge >= 0.3 is 0 Å². The fourth-order valence-electron chi connectivity index (χ4n) is 1.47. The monoisotopic (exact) mass is 266 g/mol. The molecule has 0 spiro atoms. The molecule has 0 bridgehead atoms. The second-order valence-electron chi connectivity index (χ2n) is 4.05. The summed E-state index contributed by atoms with van der Waals surface area (Å²) in [5.41, 5.74) is 0.817. The van der Waals surface area contributed by atoms with Crippen molar-refractivity contribution in [3.63, 3.8) is 0 Å². The summed E-state index contributed by atoms with van der Waals surface area (Å²) in [5.74, 6) is -0.0356. The Labute approximate surface area is 114 Å². The summed E-state index contributed by atoms with van der Waals surface area (Å²) in [4.78, 5) is 11.6. The van der Waals surface area contributed by atoms with Crippen LogP contribution in [0.5, 0.6) is 0 Å². The van der Waals surface area contributed by atoms with Crippen LogP contribution in [-0.2, 0) is 14.3 Å². The van der Waals surface area contributed by atoms with Gasteiger partial charge in [0.05, 0.1) is 19.8 Å². The highest BCUT2D eigenvalue weighted by Crippen LogP contribution is 2.03. The predicted octanol–water partition coefficient (Wildman–Crippen LogP) is 1.27. The maximum absolute atomic E-state index is 11.6. The van der Waals surface area contributed by atoms with Crippen molar-refractivity contribution in [1.82, 2.24) is 5.32 Å². The molecule has 5 heteroatoms. The standard InChI is InChI=1S/C14H22N2O3/c1-18-10-11-19-9-5-8-15-12-14(17)16-13-6-3-2-4-7-13/h2-4,6-7,15H,5,8-12H2,1H3,(H,16,17). The number of anilines is 1. The molecule has 5 nitrogen and oxygen atoms in total. The quantitative estimate of drug-likeness (QED) is 0.626. The van der Waals surface area contributed by atoms with E-state index in [1.165, 1.54) is 0 Å². The van der Waals surface area contributed by atoms with E-state index in [0.29, 0.717) is 26.4 Å². The first-order chi connectivity index (χ1) is 9.33. The molecule has 19 heavy (non-hydrogen) atoms. The minimum Gasteiger partial charge on any atom is -0.382 e. The molecule has 0 aromatic heterocycles. The van der Waals surface area contributed by atoms with E-state index in [-0.39, 0.29) is 5.91 Å². The van der Waals surface area contributed by atoms with Crippen molar-refractivity contribution >= 4 is 11.6 Å². The Morgan fingerprint density at radius 1 is 1.16 bits per heavy atom. The molecule has 0 aliphatic heterocycles. The second-order valence-corrected chi connectivity index (χ2v) is 4.05. The van der Waals surface area contributed by atoms with Crippen LogP contribution in [0.4, 0.5) is 5.69 Å². The third-order valence-corrected chi connectivity index (χ3v) is 2.42. The molecule has 0 aliphatic rings. The van der Waals surface area contributed by atoms with Gasteiger partial charge in [-0.15, -0.1) is 0 Å². The van der Waals surface area contributed by atoms with Gasteiger partial charge < -0.3 is 20.1 Å². The molecule has 0 saturated heterocycles. The molecule has 0 unspecified atom stereocenters. The van der Waals surface area contributed by atoms with Crippen LogP contribution in [0.1, 0.15) is 6.42 Å². The van der Waals surface area contributed by atoms with Crippen molar-refractivity contribution in [3.8, 4) is 0 Å². The Balaban J connectivity index is 1.96.